The van der Waals surface area contributed by atoms with Crippen molar-refractivity contribution in [3.8, 4) is 11.1 Å². The fourth-order valence-corrected chi connectivity index (χ4v) is 5.51. The third-order valence-corrected chi connectivity index (χ3v) is 7.64. The number of methoxy groups -OCH3 is 1. The molecule has 0 radical (unpaired) electrons. The topological polar surface area (TPSA) is 105 Å². The molecule has 1 aliphatic heterocycles. The first-order valence-corrected chi connectivity index (χ1v) is 12.1. The van der Waals surface area contributed by atoms with E-state index in [2.05, 4.69) is 29.6 Å². The molecule has 0 spiro atoms. The molecule has 5 rings (SSSR count). The van der Waals surface area contributed by atoms with Crippen LogP contribution in [0.1, 0.15) is 36.3 Å². The number of nitrogens with one attached hydrogen (secondary N) is 1. The van der Waals surface area contributed by atoms with Crippen LogP contribution in [-0.2, 0) is 19.1 Å². The van der Waals surface area contributed by atoms with Crippen LogP contribution >= 0.6 is 0 Å². The van der Waals surface area contributed by atoms with Gasteiger partial charge in [0.1, 0.15) is 6.61 Å². The molecule has 184 valence electrons. The van der Waals surface area contributed by atoms with E-state index >= 15 is 0 Å². The Morgan fingerprint density at radius 2 is 1.74 bits per heavy atom. The summed E-state index contributed by atoms with van der Waals surface area (Å²) in [6.07, 6.45) is 1.15. The van der Waals surface area contributed by atoms with Crippen molar-refractivity contribution in [2.75, 3.05) is 33.4 Å². The number of carboxylic acids is 1. The Kier molecular flexibility index (Phi) is 6.23. The summed E-state index contributed by atoms with van der Waals surface area (Å²) in [5.41, 5.74) is 3.33. The van der Waals surface area contributed by atoms with Gasteiger partial charge in [0.15, 0.2) is 5.60 Å². The van der Waals surface area contributed by atoms with Gasteiger partial charge in [-0.1, -0.05) is 48.5 Å². The SMILES string of the molecule is COC1(C(=O)O)CCCN(C(=O)[C@H]2C[C@H]2CNC(=O)OCC2c3ccccc3-c3ccccc32)C1. The molecule has 1 heterocycles. The molecule has 1 saturated heterocycles. The number of hydrogen-bond acceptors (Lipinski definition) is 5. The van der Waals surface area contributed by atoms with E-state index in [-0.39, 0.29) is 36.8 Å². The molecule has 2 amide bonds. The van der Waals surface area contributed by atoms with E-state index in [0.717, 1.165) is 11.1 Å². The summed E-state index contributed by atoms with van der Waals surface area (Å²) in [5.74, 6) is -1.27. The van der Waals surface area contributed by atoms with Gasteiger partial charge in [-0.3, -0.25) is 4.79 Å². The standard InChI is InChI=1S/C27H30N2O6/c1-34-27(25(31)32)11-6-12-29(16-27)24(30)22-13-17(22)14-28-26(33)35-15-23-20-9-4-2-7-18(20)19-8-3-5-10-21(19)23/h2-5,7-10,17,22-23H,6,11-16H2,1H3,(H,28,33)(H,31,32)/t17-,22-,27?/m0/s1. The number of nitrogens with zero attached hydrogens (tertiary/aromatic N) is 1. The van der Waals surface area contributed by atoms with E-state index in [1.165, 1.54) is 18.2 Å². The minimum atomic E-state index is -1.34. The second kappa shape index (κ2) is 9.34. The quantitative estimate of drug-likeness (QED) is 0.633. The molecule has 8 nitrogen and oxygen atoms in total. The normalized spacial score (nSPS) is 24.9. The predicted octanol–water partition coefficient (Wildman–Crippen LogP) is 3.25. The van der Waals surface area contributed by atoms with Crippen LogP contribution in [0.15, 0.2) is 48.5 Å². The molecule has 2 fully saturated rings. The third kappa shape index (κ3) is 4.38. The maximum atomic E-state index is 12.9. The van der Waals surface area contributed by atoms with E-state index in [1.54, 1.807) is 4.90 Å². The minimum Gasteiger partial charge on any atom is -0.479 e. The number of carboxylic acid groups (broad SMARTS) is 1. The lowest BCUT2D eigenvalue weighted by Crippen LogP contribution is -2.56. The highest BCUT2D eigenvalue weighted by molar-refractivity contribution is 5.84. The molecule has 1 unspecified atom stereocenters. The third-order valence-electron chi connectivity index (χ3n) is 7.64. The number of benzene rings is 2. The molecule has 0 bridgehead atoms. The number of fused-ring (bicyclic) bond motifs is 3. The average Bonchev–Trinajstić information content (AvgIpc) is 3.60. The summed E-state index contributed by atoms with van der Waals surface area (Å²) in [7, 11) is 1.38. The first-order chi connectivity index (χ1) is 16.9. The molecule has 2 aromatic carbocycles. The lowest BCUT2D eigenvalue weighted by Gasteiger charge is -2.39. The number of ether oxygens (including phenoxy) is 2. The highest BCUT2D eigenvalue weighted by atomic mass is 16.5. The van der Waals surface area contributed by atoms with Crippen molar-refractivity contribution in [2.45, 2.75) is 30.8 Å². The second-order valence-electron chi connectivity index (χ2n) is 9.68. The molecular formula is C27H30N2O6. The van der Waals surface area contributed by atoms with E-state index in [0.29, 0.717) is 32.4 Å². The van der Waals surface area contributed by atoms with Crippen molar-refractivity contribution >= 4 is 18.0 Å². The molecule has 2 aromatic rings. The zero-order valence-electron chi connectivity index (χ0n) is 19.7. The number of carbonyl (C=O) groups excluding carboxylic acids is 2. The van der Waals surface area contributed by atoms with Crippen molar-refractivity contribution in [2.24, 2.45) is 11.8 Å². The number of piperidine rings is 1. The van der Waals surface area contributed by atoms with Gasteiger partial charge in [0.25, 0.3) is 0 Å². The predicted molar refractivity (Wildman–Crippen MR) is 128 cm³/mol. The van der Waals surface area contributed by atoms with Crippen LogP contribution in [0.3, 0.4) is 0 Å². The van der Waals surface area contributed by atoms with Crippen molar-refractivity contribution in [1.82, 2.24) is 10.2 Å². The van der Waals surface area contributed by atoms with E-state index in [4.69, 9.17) is 9.47 Å². The number of aliphatic carboxylic acids is 1. The van der Waals surface area contributed by atoms with Gasteiger partial charge >= 0.3 is 12.1 Å². The van der Waals surface area contributed by atoms with Crippen molar-refractivity contribution in [3.05, 3.63) is 59.7 Å². The number of alkyl carbamates (subject to hydrolysis) is 1. The van der Waals surface area contributed by atoms with Gasteiger partial charge in [0.05, 0.1) is 6.54 Å². The minimum absolute atomic E-state index is 0.00205. The molecule has 35 heavy (non-hydrogen) atoms. The Morgan fingerprint density at radius 1 is 1.09 bits per heavy atom. The first kappa shape index (κ1) is 23.4. The zero-order chi connectivity index (χ0) is 24.6. The molecular weight excluding hydrogens is 448 g/mol. The Labute approximate surface area is 204 Å². The number of likely N-dealkylation sites (tertiary alicyclic amines) is 1. The molecule has 3 atom stereocenters. The Bertz CT molecular complexity index is 1100. The van der Waals surface area contributed by atoms with Crippen molar-refractivity contribution < 1.29 is 29.0 Å². The van der Waals surface area contributed by atoms with Crippen LogP contribution < -0.4 is 5.32 Å². The van der Waals surface area contributed by atoms with Crippen molar-refractivity contribution in [1.29, 1.82) is 0 Å². The van der Waals surface area contributed by atoms with Gasteiger partial charge in [-0.2, -0.15) is 0 Å². The van der Waals surface area contributed by atoms with Crippen LogP contribution in [0.5, 0.6) is 0 Å². The molecule has 1 saturated carbocycles. The van der Waals surface area contributed by atoms with Gasteiger partial charge in [-0.25, -0.2) is 9.59 Å². The summed E-state index contributed by atoms with van der Waals surface area (Å²) in [6.45, 7) is 1.19. The maximum absolute atomic E-state index is 12.9. The highest BCUT2D eigenvalue weighted by Crippen LogP contribution is 2.44. The summed E-state index contributed by atoms with van der Waals surface area (Å²) < 4.78 is 10.8. The van der Waals surface area contributed by atoms with E-state index < -0.39 is 17.7 Å². The Morgan fingerprint density at radius 3 is 2.37 bits per heavy atom. The van der Waals surface area contributed by atoms with Crippen molar-refractivity contribution in [3.63, 3.8) is 0 Å². The van der Waals surface area contributed by atoms with Gasteiger partial charge < -0.3 is 24.8 Å². The van der Waals surface area contributed by atoms with E-state index in [1.807, 2.05) is 24.3 Å². The van der Waals surface area contributed by atoms with Gasteiger partial charge in [-0.05, 0) is 47.4 Å². The number of carbonyl (C=O) groups is 3. The second-order valence-corrected chi connectivity index (χ2v) is 9.68. The molecule has 0 aromatic heterocycles. The lowest BCUT2D eigenvalue weighted by molar-refractivity contribution is -0.171. The van der Waals surface area contributed by atoms with Gasteiger partial charge in [0.2, 0.25) is 5.91 Å². The largest absolute Gasteiger partial charge is 0.479 e. The fourth-order valence-electron chi connectivity index (χ4n) is 5.51. The zero-order valence-corrected chi connectivity index (χ0v) is 19.7. The maximum Gasteiger partial charge on any atom is 0.407 e. The van der Waals surface area contributed by atoms with Crippen LogP contribution in [0.4, 0.5) is 4.79 Å². The van der Waals surface area contributed by atoms with Crippen LogP contribution in [0.25, 0.3) is 11.1 Å². The highest BCUT2D eigenvalue weighted by Gasteiger charge is 2.49. The average molecular weight is 479 g/mol. The smallest absolute Gasteiger partial charge is 0.407 e. The number of rotatable bonds is 7. The number of hydrogen-bond donors (Lipinski definition) is 2. The van der Waals surface area contributed by atoms with Crippen LogP contribution in [-0.4, -0.2) is 66.9 Å². The summed E-state index contributed by atoms with van der Waals surface area (Å²) >= 11 is 0. The van der Waals surface area contributed by atoms with Crippen LogP contribution in [0.2, 0.25) is 0 Å². The summed E-state index contributed by atoms with van der Waals surface area (Å²) in [6, 6.07) is 16.4. The molecule has 2 aliphatic carbocycles. The van der Waals surface area contributed by atoms with Gasteiger partial charge in [0, 0.05) is 32.0 Å². The monoisotopic (exact) mass is 478 g/mol. The molecule has 8 heteroatoms. The molecule has 2 N–H and O–H groups in total. The fraction of sp³-hybridized carbons (Fsp3) is 0.444. The van der Waals surface area contributed by atoms with Crippen LogP contribution in [0, 0.1) is 11.8 Å². The summed E-state index contributed by atoms with van der Waals surface area (Å²) in [5, 5.41) is 12.4. The number of amides is 2. The first-order valence-electron chi connectivity index (χ1n) is 12.1. The lowest BCUT2D eigenvalue weighted by atomic mass is 9.92. The summed E-state index contributed by atoms with van der Waals surface area (Å²) in [4.78, 5) is 38.6. The molecule has 3 aliphatic rings. The Balaban J connectivity index is 1.11. The Hall–Kier alpha value is -3.39. The van der Waals surface area contributed by atoms with E-state index in [9.17, 15) is 19.5 Å². The van der Waals surface area contributed by atoms with Gasteiger partial charge in [-0.15, -0.1) is 0 Å².